The number of amides is 3. The molecular weight excluding hydrogens is 693 g/mol. The summed E-state index contributed by atoms with van der Waals surface area (Å²) in [5, 5.41) is 8.86. The van der Waals surface area contributed by atoms with E-state index in [0.29, 0.717) is 63.9 Å². The molecule has 1 aromatic heterocycles. The monoisotopic (exact) mass is 748 g/mol. The summed E-state index contributed by atoms with van der Waals surface area (Å²) in [5.41, 5.74) is 21.6. The quantitative estimate of drug-likeness (QED) is 0.0339. The highest BCUT2D eigenvalue weighted by Crippen LogP contribution is 2.28. The Balaban J connectivity index is 1.85. The van der Waals surface area contributed by atoms with E-state index in [1.54, 1.807) is 12.3 Å². The van der Waals surface area contributed by atoms with Crippen molar-refractivity contribution >= 4 is 29.2 Å². The molecule has 0 bridgehead atoms. The van der Waals surface area contributed by atoms with Crippen LogP contribution in [0.5, 0.6) is 0 Å². The number of aryl methyl sites for hydroxylation is 1. The van der Waals surface area contributed by atoms with Crippen LogP contribution in [-0.4, -0.2) is 94.4 Å². The SMILES string of the molecule is CCCO[C@H](C[C@@H](N)C(C)C)c1nc(C(=O)N[C@@H](Cc2ccc(C)cc2)C[C@H](C)C(=O)NNC(=O)OCCOCCOCCOCCN=[N+]=[N-])cs1. The molecule has 3 amide bonds. The summed E-state index contributed by atoms with van der Waals surface area (Å²) >= 11 is 1.37. The summed E-state index contributed by atoms with van der Waals surface area (Å²) in [6, 6.07) is 7.51. The van der Waals surface area contributed by atoms with Crippen LogP contribution in [0.4, 0.5) is 4.79 Å². The number of benzene rings is 1. The van der Waals surface area contributed by atoms with Gasteiger partial charge in [-0.25, -0.2) is 15.2 Å². The van der Waals surface area contributed by atoms with Crippen LogP contribution in [0, 0.1) is 18.8 Å². The highest BCUT2D eigenvalue weighted by molar-refractivity contribution is 7.09. The Morgan fingerprint density at radius 2 is 1.60 bits per heavy atom. The summed E-state index contributed by atoms with van der Waals surface area (Å²) in [5.74, 6) is -1.09. The molecule has 0 aliphatic heterocycles. The van der Waals surface area contributed by atoms with Crippen LogP contribution >= 0.6 is 11.3 Å². The Labute approximate surface area is 310 Å². The fourth-order valence-corrected chi connectivity index (χ4v) is 5.57. The number of hydrogen-bond acceptors (Lipinski definition) is 12. The van der Waals surface area contributed by atoms with Gasteiger partial charge in [0.25, 0.3) is 5.91 Å². The fourth-order valence-electron chi connectivity index (χ4n) is 4.71. The van der Waals surface area contributed by atoms with Crippen LogP contribution in [0.25, 0.3) is 10.4 Å². The van der Waals surface area contributed by atoms with Crippen molar-refractivity contribution in [3.8, 4) is 0 Å². The lowest BCUT2D eigenvalue weighted by molar-refractivity contribution is -0.125. The molecule has 5 N–H and O–H groups in total. The molecule has 0 aliphatic carbocycles. The van der Waals surface area contributed by atoms with Crippen molar-refractivity contribution in [2.45, 2.75) is 78.5 Å². The van der Waals surface area contributed by atoms with Gasteiger partial charge in [-0.3, -0.25) is 15.0 Å². The zero-order valence-electron chi connectivity index (χ0n) is 31.0. The summed E-state index contributed by atoms with van der Waals surface area (Å²) in [4.78, 5) is 45.8. The van der Waals surface area contributed by atoms with Gasteiger partial charge in [0.2, 0.25) is 5.91 Å². The van der Waals surface area contributed by atoms with Gasteiger partial charge in [0.15, 0.2) is 0 Å². The van der Waals surface area contributed by atoms with Gasteiger partial charge in [0.05, 0.1) is 39.6 Å². The number of hydrazine groups is 1. The number of hydrogen-bond donors (Lipinski definition) is 4. The summed E-state index contributed by atoms with van der Waals surface area (Å²) in [7, 11) is 0. The normalized spacial score (nSPS) is 13.4. The molecule has 17 heteroatoms. The third kappa shape index (κ3) is 18.6. The Kier molecular flexibility index (Phi) is 22.2. The Morgan fingerprint density at radius 3 is 2.23 bits per heavy atom. The van der Waals surface area contributed by atoms with E-state index in [4.69, 9.17) is 34.9 Å². The lowest BCUT2D eigenvalue weighted by atomic mass is 9.95. The van der Waals surface area contributed by atoms with E-state index >= 15 is 0 Å². The Hall–Kier alpha value is -3.83. The zero-order chi connectivity index (χ0) is 38.1. The molecule has 16 nitrogen and oxygen atoms in total. The first-order valence-corrected chi connectivity index (χ1v) is 18.6. The molecule has 0 fully saturated rings. The minimum atomic E-state index is -0.835. The summed E-state index contributed by atoms with van der Waals surface area (Å²) < 4.78 is 27.0. The lowest BCUT2D eigenvalue weighted by Crippen LogP contribution is -2.46. The predicted octanol–water partition coefficient (Wildman–Crippen LogP) is 4.78. The molecule has 1 heterocycles. The molecule has 2 aromatic rings. The number of ether oxygens (including phenoxy) is 5. The Bertz CT molecular complexity index is 1370. The molecule has 52 heavy (non-hydrogen) atoms. The third-order valence-electron chi connectivity index (χ3n) is 7.81. The van der Waals surface area contributed by atoms with Crippen molar-refractivity contribution in [1.82, 2.24) is 21.2 Å². The van der Waals surface area contributed by atoms with E-state index in [9.17, 15) is 14.4 Å². The van der Waals surface area contributed by atoms with E-state index in [2.05, 4.69) is 45.0 Å². The number of thiazole rings is 1. The molecule has 0 unspecified atom stereocenters. The van der Waals surface area contributed by atoms with Gasteiger partial charge in [0, 0.05) is 41.4 Å². The van der Waals surface area contributed by atoms with Crippen molar-refractivity contribution in [3.05, 3.63) is 61.9 Å². The number of rotatable bonds is 26. The van der Waals surface area contributed by atoms with Gasteiger partial charge < -0.3 is 34.7 Å². The summed E-state index contributed by atoms with van der Waals surface area (Å²) in [6.07, 6.45) is 1.09. The van der Waals surface area contributed by atoms with Crippen LogP contribution in [0.1, 0.15) is 79.7 Å². The smallest absolute Gasteiger partial charge is 0.426 e. The molecule has 0 radical (unpaired) electrons. The molecule has 290 valence electrons. The van der Waals surface area contributed by atoms with Gasteiger partial charge in [-0.15, -0.1) is 11.3 Å². The van der Waals surface area contributed by atoms with Gasteiger partial charge >= 0.3 is 6.09 Å². The van der Waals surface area contributed by atoms with Crippen molar-refractivity contribution in [1.29, 1.82) is 0 Å². The van der Waals surface area contributed by atoms with Gasteiger partial charge in [-0.2, -0.15) is 0 Å². The highest BCUT2D eigenvalue weighted by atomic mass is 32.1. The molecule has 4 atom stereocenters. The second kappa shape index (κ2) is 26.0. The van der Waals surface area contributed by atoms with E-state index in [0.717, 1.165) is 17.5 Å². The van der Waals surface area contributed by atoms with Gasteiger partial charge in [0.1, 0.15) is 23.4 Å². The third-order valence-corrected chi connectivity index (χ3v) is 8.75. The maximum absolute atomic E-state index is 13.5. The number of carbonyl (C=O) groups excluding carboxylic acids is 3. The van der Waals surface area contributed by atoms with E-state index < -0.39 is 24.0 Å². The average Bonchev–Trinajstić information content (AvgIpc) is 3.62. The number of azide groups is 1. The molecular formula is C35H56N8O8S. The van der Waals surface area contributed by atoms with Gasteiger partial charge in [-0.1, -0.05) is 62.6 Å². The second-order valence-corrected chi connectivity index (χ2v) is 13.5. The number of aromatic nitrogens is 1. The molecule has 0 aliphatic rings. The molecule has 2 rings (SSSR count). The minimum Gasteiger partial charge on any atom is -0.446 e. The lowest BCUT2D eigenvalue weighted by Gasteiger charge is -2.22. The largest absolute Gasteiger partial charge is 0.446 e. The second-order valence-electron chi connectivity index (χ2n) is 12.6. The van der Waals surface area contributed by atoms with Crippen molar-refractivity contribution in [3.63, 3.8) is 0 Å². The first-order chi connectivity index (χ1) is 25.0. The maximum atomic E-state index is 13.5. The van der Waals surface area contributed by atoms with Crippen LogP contribution in [0.3, 0.4) is 0 Å². The first kappa shape index (κ1) is 44.3. The number of carbonyl (C=O) groups is 3. The van der Waals surface area contributed by atoms with Crippen LogP contribution < -0.4 is 21.9 Å². The average molecular weight is 749 g/mol. The molecule has 0 saturated carbocycles. The van der Waals surface area contributed by atoms with Crippen LogP contribution in [-0.2, 0) is 34.9 Å². The maximum Gasteiger partial charge on any atom is 0.426 e. The highest BCUT2D eigenvalue weighted by Gasteiger charge is 2.26. The molecule has 1 aromatic carbocycles. The number of nitrogens with two attached hydrogens (primary N) is 1. The summed E-state index contributed by atoms with van der Waals surface area (Å²) in [6.45, 7) is 12.5. The van der Waals surface area contributed by atoms with E-state index in [1.807, 2.05) is 38.1 Å². The topological polar surface area (TPSA) is 221 Å². The van der Waals surface area contributed by atoms with Crippen LogP contribution in [0.15, 0.2) is 34.8 Å². The van der Waals surface area contributed by atoms with Crippen molar-refractivity contribution in [2.75, 3.05) is 59.4 Å². The molecule has 0 saturated heterocycles. The fraction of sp³-hybridized carbons (Fsp3) is 0.657. The zero-order valence-corrected chi connectivity index (χ0v) is 31.8. The number of nitrogens with zero attached hydrogens (tertiary/aromatic N) is 4. The Morgan fingerprint density at radius 1 is 0.942 bits per heavy atom. The number of nitrogens with one attached hydrogen (secondary N) is 3. The van der Waals surface area contributed by atoms with Crippen molar-refractivity contribution in [2.24, 2.45) is 22.7 Å². The predicted molar refractivity (Wildman–Crippen MR) is 198 cm³/mol. The van der Waals surface area contributed by atoms with E-state index in [1.165, 1.54) is 11.3 Å². The van der Waals surface area contributed by atoms with E-state index in [-0.39, 0.29) is 49.4 Å². The minimum absolute atomic E-state index is 0.0290. The van der Waals surface area contributed by atoms with Gasteiger partial charge in [-0.05, 0) is 49.6 Å². The molecule has 0 spiro atoms. The van der Waals surface area contributed by atoms with Crippen molar-refractivity contribution < 1.29 is 38.1 Å². The first-order valence-electron chi connectivity index (χ1n) is 17.7. The van der Waals surface area contributed by atoms with Crippen LogP contribution in [0.2, 0.25) is 0 Å². The standard InChI is InChI=1S/C35H56N8O8S/c1-6-12-50-31(22-29(36)24(2)3)34-40-30(23-52-34)33(45)39-28(21-27-9-7-25(4)8-10-27)20-26(5)32(44)41-42-35(46)51-19-18-49-17-16-48-15-14-47-13-11-38-43-37/h7-10,23-24,26,28-29,31H,6,11-22,36H2,1-5H3,(H,39,45)(H,41,44)(H,42,46)/t26-,28+,29+,31+/m0/s1.